The number of aromatic nitrogens is 1. The van der Waals surface area contributed by atoms with Gasteiger partial charge in [-0.2, -0.15) is 0 Å². The van der Waals surface area contributed by atoms with Crippen molar-refractivity contribution in [2.24, 2.45) is 0 Å². The van der Waals surface area contributed by atoms with Crippen molar-refractivity contribution < 1.29 is 23.5 Å². The highest BCUT2D eigenvalue weighted by molar-refractivity contribution is 5.93. The van der Waals surface area contributed by atoms with Crippen LogP contribution >= 0.6 is 0 Å². The van der Waals surface area contributed by atoms with E-state index in [4.69, 9.17) is 18.7 Å². The van der Waals surface area contributed by atoms with E-state index < -0.39 is 5.97 Å². The van der Waals surface area contributed by atoms with Crippen LogP contribution < -0.4 is 4.74 Å². The van der Waals surface area contributed by atoms with Crippen molar-refractivity contribution in [2.45, 2.75) is 13.5 Å². The van der Waals surface area contributed by atoms with Crippen LogP contribution in [-0.4, -0.2) is 16.1 Å². The van der Waals surface area contributed by atoms with E-state index in [2.05, 4.69) is 4.98 Å². The second-order valence-corrected chi connectivity index (χ2v) is 6.20. The van der Waals surface area contributed by atoms with Crippen LogP contribution in [-0.2, 0) is 11.4 Å². The van der Waals surface area contributed by atoms with Crippen molar-refractivity contribution in [1.82, 2.24) is 4.98 Å². The number of hydrogen-bond acceptors (Lipinski definition) is 5. The van der Waals surface area contributed by atoms with Gasteiger partial charge in [0.2, 0.25) is 5.89 Å². The molecule has 0 atom stereocenters. The van der Waals surface area contributed by atoms with E-state index in [1.165, 1.54) is 6.08 Å². The maximum Gasteiger partial charge on any atom is 0.328 e. The Kier molecular flexibility index (Phi) is 4.68. The third kappa shape index (κ3) is 3.66. The molecule has 28 heavy (non-hydrogen) atoms. The van der Waals surface area contributed by atoms with Crippen molar-refractivity contribution in [1.29, 1.82) is 0 Å². The molecule has 0 spiro atoms. The Hall–Kier alpha value is -3.80. The molecule has 0 aliphatic carbocycles. The van der Waals surface area contributed by atoms with Gasteiger partial charge >= 0.3 is 5.97 Å². The Balaban J connectivity index is 1.50. The van der Waals surface area contributed by atoms with E-state index in [1.807, 2.05) is 55.5 Å². The number of fused-ring (bicyclic) bond motifs is 1. The summed E-state index contributed by atoms with van der Waals surface area (Å²) < 4.78 is 17.0. The Morgan fingerprint density at radius 3 is 2.82 bits per heavy atom. The van der Waals surface area contributed by atoms with Crippen molar-refractivity contribution in [3.63, 3.8) is 0 Å². The van der Waals surface area contributed by atoms with Crippen LogP contribution in [0.5, 0.6) is 5.75 Å². The Bertz CT molecular complexity index is 1150. The van der Waals surface area contributed by atoms with Gasteiger partial charge in [-0.05, 0) is 43.3 Å². The van der Waals surface area contributed by atoms with Gasteiger partial charge in [0, 0.05) is 22.4 Å². The average molecular weight is 375 g/mol. The Labute approximate surface area is 160 Å². The lowest BCUT2D eigenvalue weighted by Crippen LogP contribution is -1.97. The number of carbonyl (C=O) groups is 1. The van der Waals surface area contributed by atoms with Gasteiger partial charge in [0.15, 0.2) is 0 Å². The van der Waals surface area contributed by atoms with Crippen LogP contribution in [0.25, 0.3) is 28.3 Å². The van der Waals surface area contributed by atoms with Gasteiger partial charge < -0.3 is 18.7 Å². The zero-order valence-corrected chi connectivity index (χ0v) is 15.1. The van der Waals surface area contributed by atoms with Crippen molar-refractivity contribution in [2.75, 3.05) is 0 Å². The fourth-order valence-corrected chi connectivity index (χ4v) is 2.84. The first-order chi connectivity index (χ1) is 13.6. The number of furan rings is 1. The summed E-state index contributed by atoms with van der Waals surface area (Å²) in [6.07, 6.45) is 4.04. The number of aryl methyl sites for hydroxylation is 1. The molecule has 1 N–H and O–H groups in total. The minimum atomic E-state index is -1.03. The van der Waals surface area contributed by atoms with Gasteiger partial charge in [-0.3, -0.25) is 0 Å². The highest BCUT2D eigenvalue weighted by Crippen LogP contribution is 2.28. The smallest absolute Gasteiger partial charge is 0.328 e. The molecule has 0 saturated carbocycles. The summed E-state index contributed by atoms with van der Waals surface area (Å²) in [5.41, 5.74) is 1.65. The number of carboxylic acids is 1. The summed E-state index contributed by atoms with van der Waals surface area (Å²) in [5, 5.41) is 10.4. The first kappa shape index (κ1) is 17.6. The van der Waals surface area contributed by atoms with Gasteiger partial charge in [0.1, 0.15) is 29.6 Å². The molecule has 0 aliphatic heterocycles. The zero-order chi connectivity index (χ0) is 19.5. The third-order valence-electron chi connectivity index (χ3n) is 4.27. The monoisotopic (exact) mass is 375 g/mol. The van der Waals surface area contributed by atoms with Crippen molar-refractivity contribution in [3.05, 3.63) is 78.1 Å². The zero-order valence-electron chi connectivity index (χ0n) is 15.1. The predicted molar refractivity (Wildman–Crippen MR) is 104 cm³/mol. The third-order valence-corrected chi connectivity index (χ3v) is 4.27. The SMILES string of the molecule is Cc1oc(-c2ccccc2)nc1COc1ccc2c(C=CC(=O)O)occ2c1. The van der Waals surface area contributed by atoms with Crippen LogP contribution in [0.4, 0.5) is 0 Å². The Morgan fingerprint density at radius 1 is 1.21 bits per heavy atom. The molecular formula is C22H17NO5. The largest absolute Gasteiger partial charge is 0.487 e. The summed E-state index contributed by atoms with van der Waals surface area (Å²) in [6, 6.07) is 15.2. The van der Waals surface area contributed by atoms with E-state index in [1.54, 1.807) is 6.26 Å². The number of oxazole rings is 1. The van der Waals surface area contributed by atoms with Crippen molar-refractivity contribution in [3.8, 4) is 17.2 Å². The number of ether oxygens (including phenoxy) is 1. The lowest BCUT2D eigenvalue weighted by Gasteiger charge is -2.04. The van der Waals surface area contributed by atoms with Gasteiger partial charge in [-0.25, -0.2) is 9.78 Å². The van der Waals surface area contributed by atoms with Gasteiger partial charge in [0.05, 0.1) is 6.26 Å². The van der Waals surface area contributed by atoms with Crippen LogP contribution in [0.3, 0.4) is 0 Å². The summed E-state index contributed by atoms with van der Waals surface area (Å²) in [4.78, 5) is 15.2. The number of nitrogens with zero attached hydrogens (tertiary/aromatic N) is 1. The lowest BCUT2D eigenvalue weighted by atomic mass is 10.1. The maximum atomic E-state index is 10.7. The second kappa shape index (κ2) is 7.44. The van der Waals surface area contributed by atoms with E-state index in [-0.39, 0.29) is 6.61 Å². The summed E-state index contributed by atoms with van der Waals surface area (Å²) in [6.45, 7) is 2.13. The van der Waals surface area contributed by atoms with Gasteiger partial charge in [0.25, 0.3) is 0 Å². The van der Waals surface area contributed by atoms with Crippen LogP contribution in [0.2, 0.25) is 0 Å². The van der Waals surface area contributed by atoms with Crippen molar-refractivity contribution >= 4 is 22.8 Å². The Morgan fingerprint density at radius 2 is 2.04 bits per heavy atom. The molecule has 0 unspecified atom stereocenters. The summed E-state index contributed by atoms with van der Waals surface area (Å²) in [7, 11) is 0. The minimum Gasteiger partial charge on any atom is -0.487 e. The molecule has 2 aromatic carbocycles. The van der Waals surface area contributed by atoms with Gasteiger partial charge in [-0.15, -0.1) is 0 Å². The molecule has 0 fully saturated rings. The molecule has 0 radical (unpaired) electrons. The van der Waals surface area contributed by atoms with E-state index in [0.717, 1.165) is 28.1 Å². The number of aliphatic carboxylic acids is 1. The molecule has 2 heterocycles. The molecule has 2 aromatic heterocycles. The summed E-state index contributed by atoms with van der Waals surface area (Å²) >= 11 is 0. The number of hydrogen-bond donors (Lipinski definition) is 1. The topological polar surface area (TPSA) is 85.7 Å². The van der Waals surface area contributed by atoms with Crippen LogP contribution in [0.15, 0.2) is 69.7 Å². The molecule has 0 aliphatic rings. The molecule has 4 aromatic rings. The summed E-state index contributed by atoms with van der Waals surface area (Å²) in [5.74, 6) is 1.40. The predicted octanol–water partition coefficient (Wildman–Crippen LogP) is 5.07. The average Bonchev–Trinajstić information content (AvgIpc) is 3.28. The number of benzene rings is 2. The maximum absolute atomic E-state index is 10.7. The molecule has 6 nitrogen and oxygen atoms in total. The molecule has 0 saturated heterocycles. The number of carboxylic acid groups (broad SMARTS) is 1. The molecular weight excluding hydrogens is 358 g/mol. The molecule has 4 rings (SSSR count). The van der Waals surface area contributed by atoms with Crippen LogP contribution in [0, 0.1) is 6.92 Å². The first-order valence-corrected chi connectivity index (χ1v) is 8.67. The van der Waals surface area contributed by atoms with Crippen LogP contribution in [0.1, 0.15) is 17.2 Å². The minimum absolute atomic E-state index is 0.275. The molecule has 140 valence electrons. The standard InChI is InChI=1S/C22H17NO5/c1-14-19(23-22(28-14)15-5-3-2-4-6-15)13-26-17-7-8-18-16(11-17)12-27-20(18)9-10-21(24)25/h2-12H,13H2,1H3,(H,24,25). The van der Waals surface area contributed by atoms with Gasteiger partial charge in [-0.1, -0.05) is 18.2 Å². The normalized spacial score (nSPS) is 11.3. The van der Waals surface area contributed by atoms with E-state index >= 15 is 0 Å². The highest BCUT2D eigenvalue weighted by atomic mass is 16.5. The fraction of sp³-hybridized carbons (Fsp3) is 0.0909. The molecule has 6 heteroatoms. The quantitative estimate of drug-likeness (QED) is 0.473. The lowest BCUT2D eigenvalue weighted by molar-refractivity contribution is -0.131. The molecule has 0 amide bonds. The fourth-order valence-electron chi connectivity index (χ4n) is 2.84. The highest BCUT2D eigenvalue weighted by Gasteiger charge is 2.12. The van der Waals surface area contributed by atoms with E-state index in [9.17, 15) is 4.79 Å². The number of rotatable bonds is 6. The second-order valence-electron chi connectivity index (χ2n) is 6.20. The first-order valence-electron chi connectivity index (χ1n) is 8.67. The van der Waals surface area contributed by atoms with E-state index in [0.29, 0.717) is 23.2 Å². The molecule has 0 bridgehead atoms.